The van der Waals surface area contributed by atoms with Crippen molar-refractivity contribution in [3.8, 4) is 0 Å². The van der Waals surface area contributed by atoms with Crippen molar-refractivity contribution in [2.75, 3.05) is 29.9 Å². The first-order chi connectivity index (χ1) is 12.1. The third-order valence-electron chi connectivity index (χ3n) is 5.14. The van der Waals surface area contributed by atoms with Gasteiger partial charge in [0.15, 0.2) is 0 Å². The number of aromatic nitrogens is 2. The van der Waals surface area contributed by atoms with Crippen LogP contribution in [-0.2, 0) is 12.0 Å². The summed E-state index contributed by atoms with van der Waals surface area (Å²) < 4.78 is 0. The number of anilines is 2. The van der Waals surface area contributed by atoms with Crippen molar-refractivity contribution < 1.29 is 5.11 Å². The number of nitrogens with one attached hydrogen (secondary N) is 1. The highest BCUT2D eigenvalue weighted by Gasteiger charge is 2.33. The van der Waals surface area contributed by atoms with E-state index in [2.05, 4.69) is 59.4 Å². The minimum atomic E-state index is 0.0798. The van der Waals surface area contributed by atoms with E-state index in [1.54, 1.807) is 0 Å². The molecule has 0 unspecified atom stereocenters. The van der Waals surface area contributed by atoms with Gasteiger partial charge in [0.25, 0.3) is 0 Å². The Morgan fingerprint density at radius 1 is 1.24 bits per heavy atom. The summed E-state index contributed by atoms with van der Waals surface area (Å²) in [5.41, 5.74) is 4.01. The molecule has 2 aromatic rings. The lowest BCUT2D eigenvalue weighted by Gasteiger charge is -2.40. The average Bonchev–Trinajstić information content (AvgIpc) is 3.44. The van der Waals surface area contributed by atoms with Gasteiger partial charge in [-0.1, -0.05) is 38.1 Å². The van der Waals surface area contributed by atoms with Crippen molar-refractivity contribution in [2.45, 2.75) is 44.6 Å². The van der Waals surface area contributed by atoms with Gasteiger partial charge < -0.3 is 15.3 Å². The Balaban J connectivity index is 1.68. The molecule has 0 amide bonds. The van der Waals surface area contributed by atoms with E-state index in [4.69, 9.17) is 10.1 Å². The van der Waals surface area contributed by atoms with Gasteiger partial charge in [-0.3, -0.25) is 0 Å². The summed E-state index contributed by atoms with van der Waals surface area (Å²) in [7, 11) is 0. The van der Waals surface area contributed by atoms with Crippen LogP contribution in [0.1, 0.15) is 49.4 Å². The molecular weight excluding hydrogens is 312 g/mol. The number of rotatable bonds is 5. The van der Waals surface area contributed by atoms with Gasteiger partial charge in [0.1, 0.15) is 5.82 Å². The van der Waals surface area contributed by atoms with Crippen molar-refractivity contribution in [3.05, 3.63) is 47.2 Å². The first-order valence-corrected chi connectivity index (χ1v) is 9.14. The number of nitrogens with zero attached hydrogens (tertiary/aromatic N) is 3. The predicted molar refractivity (Wildman–Crippen MR) is 100 cm³/mol. The predicted octanol–water partition coefficient (Wildman–Crippen LogP) is 3.06. The van der Waals surface area contributed by atoms with Gasteiger partial charge >= 0.3 is 0 Å². The number of benzene rings is 1. The van der Waals surface area contributed by atoms with Gasteiger partial charge in [-0.25, -0.2) is 4.98 Å². The van der Waals surface area contributed by atoms with Gasteiger partial charge in [-0.05, 0) is 24.0 Å². The highest BCUT2D eigenvalue weighted by atomic mass is 16.3. The Bertz CT molecular complexity index is 770. The van der Waals surface area contributed by atoms with Crippen molar-refractivity contribution in [2.24, 2.45) is 0 Å². The highest BCUT2D eigenvalue weighted by Crippen LogP contribution is 2.41. The van der Waals surface area contributed by atoms with E-state index in [1.165, 1.54) is 24.0 Å². The molecule has 132 valence electrons. The molecule has 0 atom stereocenters. The quantitative estimate of drug-likeness (QED) is 0.877. The van der Waals surface area contributed by atoms with Gasteiger partial charge in [0.05, 0.1) is 12.3 Å². The Labute approximate surface area is 149 Å². The number of aliphatic hydroxyl groups is 1. The van der Waals surface area contributed by atoms with Crippen molar-refractivity contribution in [3.63, 3.8) is 0 Å². The molecule has 1 fully saturated rings. The SMILES string of the molecule is CC1(C)CN(c2cc(C3CC3)nc(NCCO)n2)Cc2ccccc21. The molecule has 25 heavy (non-hydrogen) atoms. The van der Waals surface area contributed by atoms with Crippen LogP contribution in [0.15, 0.2) is 30.3 Å². The summed E-state index contributed by atoms with van der Waals surface area (Å²) in [6, 6.07) is 10.9. The molecule has 4 rings (SSSR count). The second-order valence-electron chi connectivity index (χ2n) is 7.80. The topological polar surface area (TPSA) is 61.3 Å². The van der Waals surface area contributed by atoms with Crippen LogP contribution < -0.4 is 10.2 Å². The molecule has 1 aliphatic carbocycles. The maximum Gasteiger partial charge on any atom is 0.224 e. The van der Waals surface area contributed by atoms with Crippen LogP contribution in [-0.4, -0.2) is 34.8 Å². The van der Waals surface area contributed by atoms with Crippen LogP contribution in [0.2, 0.25) is 0 Å². The standard InChI is InChI=1S/C20H26N4O/c1-20(2)13-24(12-15-5-3-4-6-16(15)20)18-11-17(14-7-8-14)22-19(23-18)21-9-10-25/h3-6,11,14,25H,7-10,12-13H2,1-2H3,(H,21,22,23). The molecule has 5 heteroatoms. The van der Waals surface area contributed by atoms with Gasteiger partial charge in [-0.2, -0.15) is 4.98 Å². The molecule has 1 saturated carbocycles. The first kappa shape index (κ1) is 16.3. The Kier molecular flexibility index (Phi) is 4.12. The van der Waals surface area contributed by atoms with Crippen molar-refractivity contribution in [1.29, 1.82) is 0 Å². The second-order valence-corrected chi connectivity index (χ2v) is 7.80. The van der Waals surface area contributed by atoms with E-state index in [1.807, 2.05) is 0 Å². The summed E-state index contributed by atoms with van der Waals surface area (Å²) >= 11 is 0. The minimum absolute atomic E-state index is 0.0798. The largest absolute Gasteiger partial charge is 0.395 e. The van der Waals surface area contributed by atoms with Crippen LogP contribution in [0.5, 0.6) is 0 Å². The Morgan fingerprint density at radius 2 is 2.04 bits per heavy atom. The fourth-order valence-corrected chi connectivity index (χ4v) is 3.75. The van der Waals surface area contributed by atoms with Gasteiger partial charge in [-0.15, -0.1) is 0 Å². The number of hydrogen-bond donors (Lipinski definition) is 2. The lowest BCUT2D eigenvalue weighted by molar-refractivity contribution is 0.311. The van der Waals surface area contributed by atoms with Gasteiger partial charge in [0.2, 0.25) is 5.95 Å². The lowest BCUT2D eigenvalue weighted by Crippen LogP contribution is -2.42. The fraction of sp³-hybridized carbons (Fsp3) is 0.500. The lowest BCUT2D eigenvalue weighted by atomic mass is 9.78. The summed E-state index contributed by atoms with van der Waals surface area (Å²) in [5.74, 6) is 2.19. The van der Waals surface area contributed by atoms with Crippen LogP contribution in [0.3, 0.4) is 0 Å². The van der Waals surface area contributed by atoms with E-state index in [0.29, 0.717) is 18.4 Å². The molecular formula is C20H26N4O. The summed E-state index contributed by atoms with van der Waals surface area (Å²) in [5, 5.41) is 12.2. The minimum Gasteiger partial charge on any atom is -0.395 e. The van der Waals surface area contributed by atoms with Crippen molar-refractivity contribution in [1.82, 2.24) is 9.97 Å². The zero-order valence-electron chi connectivity index (χ0n) is 15.0. The van der Waals surface area contributed by atoms with Crippen LogP contribution >= 0.6 is 0 Å². The molecule has 1 aliphatic heterocycles. The maximum absolute atomic E-state index is 9.09. The summed E-state index contributed by atoms with van der Waals surface area (Å²) in [6.07, 6.45) is 2.43. The smallest absolute Gasteiger partial charge is 0.224 e. The van der Waals surface area contributed by atoms with E-state index in [0.717, 1.165) is 24.6 Å². The third kappa shape index (κ3) is 3.33. The van der Waals surface area contributed by atoms with E-state index in [-0.39, 0.29) is 12.0 Å². The summed E-state index contributed by atoms with van der Waals surface area (Å²) in [6.45, 7) is 6.96. The zero-order chi connectivity index (χ0) is 17.4. The molecule has 0 spiro atoms. The molecule has 0 bridgehead atoms. The molecule has 1 aromatic carbocycles. The molecule has 2 heterocycles. The Morgan fingerprint density at radius 3 is 2.80 bits per heavy atom. The monoisotopic (exact) mass is 338 g/mol. The zero-order valence-corrected chi connectivity index (χ0v) is 15.0. The molecule has 0 radical (unpaired) electrons. The highest BCUT2D eigenvalue weighted by molar-refractivity contribution is 5.51. The average molecular weight is 338 g/mol. The van der Waals surface area contributed by atoms with Crippen LogP contribution in [0.4, 0.5) is 11.8 Å². The first-order valence-electron chi connectivity index (χ1n) is 9.14. The maximum atomic E-state index is 9.09. The fourth-order valence-electron chi connectivity index (χ4n) is 3.75. The van der Waals surface area contributed by atoms with E-state index in [9.17, 15) is 0 Å². The van der Waals surface area contributed by atoms with Crippen LogP contribution in [0, 0.1) is 0 Å². The normalized spacial score (nSPS) is 18.8. The van der Waals surface area contributed by atoms with E-state index < -0.39 is 0 Å². The second kappa shape index (κ2) is 6.30. The molecule has 2 aliphatic rings. The number of hydrogen-bond acceptors (Lipinski definition) is 5. The van der Waals surface area contributed by atoms with Crippen LogP contribution in [0.25, 0.3) is 0 Å². The number of aliphatic hydroxyl groups excluding tert-OH is 1. The van der Waals surface area contributed by atoms with E-state index >= 15 is 0 Å². The molecule has 5 nitrogen and oxygen atoms in total. The Hall–Kier alpha value is -2.14. The number of fused-ring (bicyclic) bond motifs is 1. The third-order valence-corrected chi connectivity index (χ3v) is 5.14. The molecule has 0 saturated heterocycles. The summed E-state index contributed by atoms with van der Waals surface area (Å²) in [4.78, 5) is 11.7. The van der Waals surface area contributed by atoms with Gasteiger partial charge in [0, 0.05) is 37.0 Å². The van der Waals surface area contributed by atoms with Crippen molar-refractivity contribution >= 4 is 11.8 Å². The molecule has 1 aromatic heterocycles. The molecule has 2 N–H and O–H groups in total.